The third kappa shape index (κ3) is 4.27. The van der Waals surface area contributed by atoms with Crippen LogP contribution in [0.5, 0.6) is 5.75 Å². The Labute approximate surface area is 103 Å². The summed E-state index contributed by atoms with van der Waals surface area (Å²) in [4.78, 5) is 10.6. The molecule has 0 bridgehead atoms. The summed E-state index contributed by atoms with van der Waals surface area (Å²) in [6, 6.07) is 4.93. The maximum absolute atomic E-state index is 12.5. The number of benzene rings is 1. The quantitative estimate of drug-likeness (QED) is 0.909. The van der Waals surface area contributed by atoms with E-state index in [1.807, 2.05) is 13.8 Å². The van der Waals surface area contributed by atoms with Crippen LogP contribution in [-0.2, 0) is 4.79 Å². The first-order valence-corrected chi connectivity index (χ1v) is 5.29. The van der Waals surface area contributed by atoms with Crippen molar-refractivity contribution in [3.05, 3.63) is 29.8 Å². The van der Waals surface area contributed by atoms with Crippen LogP contribution in [0.25, 0.3) is 0 Å². The second-order valence-corrected chi connectivity index (χ2v) is 3.09. The molecular formula is C12H15F3O3. The van der Waals surface area contributed by atoms with E-state index in [1.54, 1.807) is 0 Å². The van der Waals surface area contributed by atoms with Crippen molar-refractivity contribution in [1.29, 1.82) is 0 Å². The van der Waals surface area contributed by atoms with Crippen molar-refractivity contribution in [2.24, 2.45) is 0 Å². The Morgan fingerprint density at radius 3 is 2.28 bits per heavy atom. The minimum Gasteiger partial charge on any atom is -0.497 e. The molecule has 0 saturated carbocycles. The number of halogens is 3. The minimum atomic E-state index is -4.82. The van der Waals surface area contributed by atoms with Gasteiger partial charge in [0.25, 0.3) is 0 Å². The third-order valence-electron chi connectivity index (χ3n) is 2.00. The lowest BCUT2D eigenvalue weighted by atomic mass is 9.98. The average Bonchev–Trinajstić information content (AvgIpc) is 2.29. The number of alkyl halides is 3. The fourth-order valence-corrected chi connectivity index (χ4v) is 1.29. The molecule has 0 spiro atoms. The Morgan fingerprint density at radius 1 is 1.33 bits per heavy atom. The predicted molar refractivity (Wildman–Crippen MR) is 60.8 cm³/mol. The molecule has 0 fully saturated rings. The van der Waals surface area contributed by atoms with Gasteiger partial charge in [0.15, 0.2) is 5.92 Å². The van der Waals surface area contributed by atoms with Crippen molar-refractivity contribution in [3.63, 3.8) is 0 Å². The summed E-state index contributed by atoms with van der Waals surface area (Å²) < 4.78 is 42.1. The standard InChI is InChI=1S/C10H9F3O3.C2H6/c1-16-7-4-2-3-6(5-7)8(9(14)15)10(11,12)13;1-2/h2-5,8H,1H3,(H,14,15);1-2H3. The summed E-state index contributed by atoms with van der Waals surface area (Å²) in [6.07, 6.45) is -4.82. The average molecular weight is 264 g/mol. The van der Waals surface area contributed by atoms with Crippen LogP contribution in [0.3, 0.4) is 0 Å². The second-order valence-electron chi connectivity index (χ2n) is 3.09. The molecule has 1 atom stereocenters. The van der Waals surface area contributed by atoms with E-state index in [0.29, 0.717) is 0 Å². The van der Waals surface area contributed by atoms with Gasteiger partial charge in [0.05, 0.1) is 7.11 Å². The molecule has 1 N–H and O–H groups in total. The van der Waals surface area contributed by atoms with Crippen molar-refractivity contribution in [2.45, 2.75) is 25.9 Å². The molecule has 0 radical (unpaired) electrons. The molecule has 0 saturated heterocycles. The SMILES string of the molecule is CC.COc1cccc(C(C(=O)O)C(F)(F)F)c1. The van der Waals surface area contributed by atoms with Crippen LogP contribution in [0, 0.1) is 0 Å². The largest absolute Gasteiger partial charge is 0.497 e. The first kappa shape index (κ1) is 16.3. The van der Waals surface area contributed by atoms with Gasteiger partial charge in [-0.25, -0.2) is 0 Å². The van der Waals surface area contributed by atoms with E-state index >= 15 is 0 Å². The molecular weight excluding hydrogens is 249 g/mol. The highest BCUT2D eigenvalue weighted by Crippen LogP contribution is 2.36. The van der Waals surface area contributed by atoms with Gasteiger partial charge < -0.3 is 9.84 Å². The van der Waals surface area contributed by atoms with E-state index in [2.05, 4.69) is 0 Å². The van der Waals surface area contributed by atoms with Crippen LogP contribution in [-0.4, -0.2) is 24.4 Å². The summed E-state index contributed by atoms with van der Waals surface area (Å²) in [7, 11) is 1.29. The van der Waals surface area contributed by atoms with Crippen LogP contribution in [0.2, 0.25) is 0 Å². The van der Waals surface area contributed by atoms with Crippen LogP contribution in [0.15, 0.2) is 24.3 Å². The number of carbonyl (C=O) groups is 1. The predicted octanol–water partition coefficient (Wildman–Crippen LogP) is 3.45. The summed E-state index contributed by atoms with van der Waals surface area (Å²) in [5.41, 5.74) is -0.348. The summed E-state index contributed by atoms with van der Waals surface area (Å²) in [5.74, 6) is -4.27. The molecule has 0 aliphatic carbocycles. The number of aliphatic carboxylic acids is 1. The zero-order valence-corrected chi connectivity index (χ0v) is 10.3. The number of carboxylic acid groups (broad SMARTS) is 1. The smallest absolute Gasteiger partial charge is 0.406 e. The van der Waals surface area contributed by atoms with Gasteiger partial charge in [0, 0.05) is 0 Å². The van der Waals surface area contributed by atoms with Crippen molar-refractivity contribution >= 4 is 5.97 Å². The van der Waals surface area contributed by atoms with Crippen LogP contribution in [0.1, 0.15) is 25.3 Å². The molecule has 1 aromatic rings. The number of ether oxygens (including phenoxy) is 1. The number of hydrogen-bond donors (Lipinski definition) is 1. The molecule has 0 aliphatic heterocycles. The van der Waals surface area contributed by atoms with Gasteiger partial charge in [-0.2, -0.15) is 13.2 Å². The Kier molecular flexibility index (Phi) is 6.22. The Bertz CT molecular complexity index is 388. The molecule has 0 aromatic heterocycles. The van der Waals surface area contributed by atoms with E-state index in [-0.39, 0.29) is 11.3 Å². The molecule has 1 rings (SSSR count). The van der Waals surface area contributed by atoms with Gasteiger partial charge in [-0.3, -0.25) is 4.79 Å². The minimum absolute atomic E-state index is 0.188. The lowest BCUT2D eigenvalue weighted by Crippen LogP contribution is -2.28. The number of methoxy groups -OCH3 is 1. The summed E-state index contributed by atoms with van der Waals surface area (Å²) in [5, 5.41) is 8.57. The van der Waals surface area contributed by atoms with Gasteiger partial charge in [0.1, 0.15) is 5.75 Å². The van der Waals surface area contributed by atoms with Gasteiger partial charge in [-0.1, -0.05) is 26.0 Å². The highest BCUT2D eigenvalue weighted by Gasteiger charge is 2.46. The van der Waals surface area contributed by atoms with Crippen LogP contribution < -0.4 is 4.74 Å². The van der Waals surface area contributed by atoms with E-state index in [9.17, 15) is 18.0 Å². The Morgan fingerprint density at radius 2 is 1.89 bits per heavy atom. The highest BCUT2D eigenvalue weighted by molar-refractivity contribution is 5.77. The summed E-state index contributed by atoms with van der Waals surface area (Å²) in [6.45, 7) is 4.00. The normalized spacial score (nSPS) is 12.1. The van der Waals surface area contributed by atoms with E-state index in [4.69, 9.17) is 9.84 Å². The number of hydrogen-bond acceptors (Lipinski definition) is 2. The monoisotopic (exact) mass is 264 g/mol. The molecule has 1 aromatic carbocycles. The van der Waals surface area contributed by atoms with Gasteiger partial charge in [-0.05, 0) is 17.7 Å². The topological polar surface area (TPSA) is 46.5 Å². The fourth-order valence-electron chi connectivity index (χ4n) is 1.29. The first-order chi connectivity index (χ1) is 8.36. The fraction of sp³-hybridized carbons (Fsp3) is 0.417. The second kappa shape index (κ2) is 6.88. The van der Waals surface area contributed by atoms with Gasteiger partial charge in [0.2, 0.25) is 0 Å². The molecule has 0 amide bonds. The van der Waals surface area contributed by atoms with Crippen molar-refractivity contribution in [1.82, 2.24) is 0 Å². The van der Waals surface area contributed by atoms with Gasteiger partial charge >= 0.3 is 12.1 Å². The van der Waals surface area contributed by atoms with Crippen molar-refractivity contribution < 1.29 is 27.8 Å². The maximum Gasteiger partial charge on any atom is 0.406 e. The van der Waals surface area contributed by atoms with E-state index < -0.39 is 18.1 Å². The Balaban J connectivity index is 0.00000137. The number of carboxylic acids is 1. The van der Waals surface area contributed by atoms with E-state index in [0.717, 1.165) is 12.1 Å². The van der Waals surface area contributed by atoms with Gasteiger partial charge in [-0.15, -0.1) is 0 Å². The molecule has 18 heavy (non-hydrogen) atoms. The molecule has 102 valence electrons. The first-order valence-electron chi connectivity index (χ1n) is 5.29. The molecule has 6 heteroatoms. The zero-order chi connectivity index (χ0) is 14.3. The van der Waals surface area contributed by atoms with Crippen molar-refractivity contribution in [3.8, 4) is 5.75 Å². The Hall–Kier alpha value is -1.72. The lowest BCUT2D eigenvalue weighted by molar-refractivity contribution is -0.176. The van der Waals surface area contributed by atoms with Crippen LogP contribution >= 0.6 is 0 Å². The van der Waals surface area contributed by atoms with Crippen LogP contribution in [0.4, 0.5) is 13.2 Å². The van der Waals surface area contributed by atoms with Crippen molar-refractivity contribution in [2.75, 3.05) is 7.11 Å². The zero-order valence-electron chi connectivity index (χ0n) is 10.3. The highest BCUT2D eigenvalue weighted by atomic mass is 19.4. The molecule has 0 aliphatic rings. The molecule has 3 nitrogen and oxygen atoms in total. The maximum atomic E-state index is 12.5. The molecule has 1 unspecified atom stereocenters. The van der Waals surface area contributed by atoms with E-state index in [1.165, 1.54) is 19.2 Å². The summed E-state index contributed by atoms with van der Waals surface area (Å²) >= 11 is 0. The third-order valence-corrected chi connectivity index (χ3v) is 2.00. The molecule has 0 heterocycles. The number of rotatable bonds is 3. The lowest BCUT2D eigenvalue weighted by Gasteiger charge is -2.16.